The van der Waals surface area contributed by atoms with Crippen molar-refractivity contribution >= 4 is 28.7 Å². The third-order valence-electron chi connectivity index (χ3n) is 2.17. The molecule has 0 amide bonds. The maximum Gasteiger partial charge on any atom is 0.328 e. The molecule has 0 fully saturated rings. The van der Waals surface area contributed by atoms with Crippen LogP contribution in [-0.4, -0.2) is 39.2 Å². The molecule has 0 spiro atoms. The summed E-state index contributed by atoms with van der Waals surface area (Å²) in [6.45, 7) is 0. The fourth-order valence-corrected chi connectivity index (χ4v) is 1.28. The Bertz CT molecular complexity index is 669. The van der Waals surface area contributed by atoms with Crippen molar-refractivity contribution < 1.29 is 24.5 Å². The Hall–Kier alpha value is -3.16. The van der Waals surface area contributed by atoms with E-state index in [1.807, 2.05) is 6.07 Å². The number of carbonyl (C=O) groups is 2. The molecular formula is C13H13N3O5. The first-order valence-corrected chi connectivity index (χ1v) is 5.63. The van der Waals surface area contributed by atoms with Crippen LogP contribution in [-0.2, 0) is 9.59 Å². The van der Waals surface area contributed by atoms with Crippen molar-refractivity contribution in [2.75, 3.05) is 12.8 Å². The van der Waals surface area contributed by atoms with Gasteiger partial charge in [-0.2, -0.15) is 0 Å². The summed E-state index contributed by atoms with van der Waals surface area (Å²) < 4.78 is 4.98. The van der Waals surface area contributed by atoms with Crippen molar-refractivity contribution in [3.05, 3.63) is 36.5 Å². The van der Waals surface area contributed by atoms with E-state index in [9.17, 15) is 9.59 Å². The number of aromatic nitrogens is 2. The number of nitrogens with two attached hydrogens (primary N) is 1. The molecule has 2 rings (SSSR count). The molecule has 110 valence electrons. The van der Waals surface area contributed by atoms with E-state index in [1.54, 1.807) is 25.4 Å². The highest BCUT2D eigenvalue weighted by atomic mass is 16.5. The lowest BCUT2D eigenvalue weighted by Gasteiger charge is -2.02. The van der Waals surface area contributed by atoms with Crippen molar-refractivity contribution in [1.82, 2.24) is 9.97 Å². The van der Waals surface area contributed by atoms with E-state index in [2.05, 4.69) is 9.97 Å². The normalized spacial score (nSPS) is 9.95. The Balaban J connectivity index is 0.000000240. The van der Waals surface area contributed by atoms with Crippen molar-refractivity contribution in [3.8, 4) is 5.88 Å². The molecule has 0 aliphatic heterocycles. The van der Waals surface area contributed by atoms with Crippen LogP contribution in [0.5, 0.6) is 5.88 Å². The monoisotopic (exact) mass is 291 g/mol. The number of hydrogen-bond donors (Lipinski definition) is 3. The molecule has 0 bridgehead atoms. The number of ether oxygens (including phenoxy) is 1. The topological polar surface area (TPSA) is 136 Å². The van der Waals surface area contributed by atoms with Crippen molar-refractivity contribution in [3.63, 3.8) is 0 Å². The van der Waals surface area contributed by atoms with E-state index in [1.165, 1.54) is 0 Å². The number of nitrogens with zero attached hydrogens (tertiary/aromatic N) is 2. The second-order valence-electron chi connectivity index (χ2n) is 3.63. The van der Waals surface area contributed by atoms with Crippen LogP contribution >= 0.6 is 0 Å². The lowest BCUT2D eigenvalue weighted by atomic mass is 10.3. The molecule has 0 aromatic carbocycles. The molecule has 0 radical (unpaired) electrons. The van der Waals surface area contributed by atoms with Crippen LogP contribution in [0.3, 0.4) is 0 Å². The standard InChI is InChI=1S/C9H9N3O.C4H4O4/c1-13-8-3-2-7-9(12-8)6(10)4-5-11-7;5-3(6)1-2-4(7)8/h2-5H,1H3,(H2,10,11);1-2H,(H,5,6)(H,7,8)/b;2-1+. The summed E-state index contributed by atoms with van der Waals surface area (Å²) in [7, 11) is 1.57. The number of anilines is 1. The van der Waals surface area contributed by atoms with Gasteiger partial charge in [0.1, 0.15) is 5.52 Å². The first-order chi connectivity index (χ1) is 9.93. The van der Waals surface area contributed by atoms with E-state index in [0.717, 1.165) is 5.52 Å². The van der Waals surface area contributed by atoms with Gasteiger partial charge < -0.3 is 20.7 Å². The van der Waals surface area contributed by atoms with Crippen LogP contribution in [0.4, 0.5) is 5.69 Å². The summed E-state index contributed by atoms with van der Waals surface area (Å²) in [5, 5.41) is 15.6. The lowest BCUT2D eigenvalue weighted by molar-refractivity contribution is -0.134. The van der Waals surface area contributed by atoms with Gasteiger partial charge in [-0.3, -0.25) is 4.98 Å². The predicted octanol–water partition coefficient (Wildman–Crippen LogP) is 0.932. The molecule has 0 unspecified atom stereocenters. The smallest absolute Gasteiger partial charge is 0.328 e. The van der Waals surface area contributed by atoms with Gasteiger partial charge in [0.2, 0.25) is 5.88 Å². The largest absolute Gasteiger partial charge is 0.481 e. The molecule has 0 atom stereocenters. The number of hydrogen-bond acceptors (Lipinski definition) is 6. The van der Waals surface area contributed by atoms with Gasteiger partial charge in [0.05, 0.1) is 18.3 Å². The molecule has 0 aliphatic carbocycles. The van der Waals surface area contributed by atoms with Crippen molar-refractivity contribution in [2.24, 2.45) is 0 Å². The minimum atomic E-state index is -1.26. The number of aliphatic carboxylic acids is 2. The highest BCUT2D eigenvalue weighted by Gasteiger charge is 2.01. The van der Waals surface area contributed by atoms with E-state index < -0.39 is 11.9 Å². The number of pyridine rings is 2. The van der Waals surface area contributed by atoms with Crippen molar-refractivity contribution in [1.29, 1.82) is 0 Å². The maximum absolute atomic E-state index is 9.55. The lowest BCUT2D eigenvalue weighted by Crippen LogP contribution is -1.93. The second-order valence-corrected chi connectivity index (χ2v) is 3.63. The highest BCUT2D eigenvalue weighted by molar-refractivity contribution is 5.89. The van der Waals surface area contributed by atoms with E-state index in [4.69, 9.17) is 20.7 Å². The summed E-state index contributed by atoms with van der Waals surface area (Å²) in [5.74, 6) is -1.97. The van der Waals surface area contributed by atoms with Crippen LogP contribution < -0.4 is 10.5 Å². The number of methoxy groups -OCH3 is 1. The minimum absolute atomic E-state index is 0.548. The zero-order chi connectivity index (χ0) is 15.8. The van der Waals surface area contributed by atoms with Crippen LogP contribution in [0, 0.1) is 0 Å². The van der Waals surface area contributed by atoms with E-state index in [0.29, 0.717) is 29.2 Å². The van der Waals surface area contributed by atoms with Gasteiger partial charge in [-0.1, -0.05) is 0 Å². The molecule has 0 saturated heterocycles. The Morgan fingerprint density at radius 3 is 2.33 bits per heavy atom. The Kier molecular flexibility index (Phi) is 5.63. The molecule has 0 aliphatic rings. The van der Waals surface area contributed by atoms with Gasteiger partial charge in [-0.25, -0.2) is 14.6 Å². The highest BCUT2D eigenvalue weighted by Crippen LogP contribution is 2.19. The zero-order valence-corrected chi connectivity index (χ0v) is 11.1. The predicted molar refractivity (Wildman–Crippen MR) is 74.9 cm³/mol. The minimum Gasteiger partial charge on any atom is -0.481 e. The summed E-state index contributed by atoms with van der Waals surface area (Å²) in [5.41, 5.74) is 7.80. The summed E-state index contributed by atoms with van der Waals surface area (Å²) >= 11 is 0. The van der Waals surface area contributed by atoms with Crippen LogP contribution in [0.2, 0.25) is 0 Å². The zero-order valence-electron chi connectivity index (χ0n) is 11.1. The summed E-state index contributed by atoms with van der Waals surface area (Å²) in [4.78, 5) is 27.4. The van der Waals surface area contributed by atoms with Crippen molar-refractivity contribution in [2.45, 2.75) is 0 Å². The third kappa shape index (κ3) is 5.15. The van der Waals surface area contributed by atoms with Gasteiger partial charge in [0.25, 0.3) is 0 Å². The quantitative estimate of drug-likeness (QED) is 0.710. The van der Waals surface area contributed by atoms with Gasteiger partial charge in [-0.05, 0) is 12.1 Å². The average Bonchev–Trinajstić information content (AvgIpc) is 2.46. The molecule has 8 heteroatoms. The first-order valence-electron chi connectivity index (χ1n) is 5.63. The van der Waals surface area contributed by atoms with E-state index >= 15 is 0 Å². The second kappa shape index (κ2) is 7.43. The molecule has 4 N–H and O–H groups in total. The SMILES string of the molecule is COc1ccc2nccc(N)c2n1.O=C(O)/C=C/C(=O)O. The molecule has 8 nitrogen and oxygen atoms in total. The average molecular weight is 291 g/mol. The Morgan fingerprint density at radius 1 is 1.19 bits per heavy atom. The summed E-state index contributed by atoms with van der Waals surface area (Å²) in [6, 6.07) is 5.31. The number of carboxylic acids is 2. The molecule has 2 aromatic heterocycles. The molecule has 2 heterocycles. The number of rotatable bonds is 3. The van der Waals surface area contributed by atoms with Crippen LogP contribution in [0.15, 0.2) is 36.5 Å². The van der Waals surface area contributed by atoms with Gasteiger partial charge >= 0.3 is 11.9 Å². The van der Waals surface area contributed by atoms with Crippen LogP contribution in [0.1, 0.15) is 0 Å². The van der Waals surface area contributed by atoms with Gasteiger partial charge in [-0.15, -0.1) is 0 Å². The number of nitrogen functional groups attached to an aromatic ring is 1. The molecule has 2 aromatic rings. The Morgan fingerprint density at radius 2 is 1.81 bits per heavy atom. The van der Waals surface area contributed by atoms with Gasteiger partial charge in [0.15, 0.2) is 0 Å². The maximum atomic E-state index is 9.55. The van der Waals surface area contributed by atoms with Crippen LogP contribution in [0.25, 0.3) is 11.0 Å². The number of fused-ring (bicyclic) bond motifs is 1. The first kappa shape index (κ1) is 15.9. The number of carboxylic acid groups (broad SMARTS) is 2. The fourth-order valence-electron chi connectivity index (χ4n) is 1.28. The summed E-state index contributed by atoms with van der Waals surface area (Å²) in [6.07, 6.45) is 2.77. The third-order valence-corrected chi connectivity index (χ3v) is 2.17. The van der Waals surface area contributed by atoms with Gasteiger partial charge in [0, 0.05) is 24.4 Å². The molecule has 21 heavy (non-hydrogen) atoms. The fraction of sp³-hybridized carbons (Fsp3) is 0.0769. The van der Waals surface area contributed by atoms with E-state index in [-0.39, 0.29) is 0 Å². The Labute approximate surface area is 119 Å². The molecular weight excluding hydrogens is 278 g/mol. The molecule has 0 saturated carbocycles.